The highest BCUT2D eigenvalue weighted by Crippen LogP contribution is 2.34. The molecular formula is C11H14N2O2. The summed E-state index contributed by atoms with van der Waals surface area (Å²) in [7, 11) is 0. The van der Waals surface area contributed by atoms with Crippen LogP contribution in [0, 0.1) is 0 Å². The smallest absolute Gasteiger partial charge is 0.249 e. The Morgan fingerprint density at radius 2 is 2.33 bits per heavy atom. The molecule has 0 aliphatic carbocycles. The van der Waals surface area contributed by atoms with E-state index in [-0.39, 0.29) is 18.1 Å². The zero-order valence-electron chi connectivity index (χ0n) is 8.77. The van der Waals surface area contributed by atoms with Gasteiger partial charge in [0.05, 0.1) is 6.61 Å². The first-order valence-electron chi connectivity index (χ1n) is 5.26. The van der Waals surface area contributed by atoms with Gasteiger partial charge in [0.1, 0.15) is 12.1 Å². The molecule has 0 N–H and O–H groups in total. The van der Waals surface area contributed by atoms with Crippen molar-refractivity contribution in [1.29, 1.82) is 0 Å². The molecule has 1 saturated heterocycles. The van der Waals surface area contributed by atoms with Crippen molar-refractivity contribution in [3.05, 3.63) is 24.0 Å². The van der Waals surface area contributed by atoms with Gasteiger partial charge in [-0.25, -0.2) is 0 Å². The van der Waals surface area contributed by atoms with E-state index >= 15 is 0 Å². The Morgan fingerprint density at radius 1 is 1.47 bits per heavy atom. The maximum atomic E-state index is 11.8. The van der Waals surface area contributed by atoms with Crippen molar-refractivity contribution >= 4 is 5.91 Å². The van der Waals surface area contributed by atoms with E-state index in [0.29, 0.717) is 6.61 Å². The average molecular weight is 206 g/mol. The van der Waals surface area contributed by atoms with Crippen molar-refractivity contribution in [2.24, 2.45) is 0 Å². The lowest BCUT2D eigenvalue weighted by atomic mass is 9.93. The molecule has 3 heterocycles. The summed E-state index contributed by atoms with van der Waals surface area (Å²) in [5.41, 5.74) is 0.915. The Bertz CT molecular complexity index is 412. The molecule has 1 amide bonds. The summed E-state index contributed by atoms with van der Waals surface area (Å²) in [5.74, 6) is 0.108. The van der Waals surface area contributed by atoms with E-state index in [1.807, 2.05) is 11.0 Å². The number of rotatable bonds is 0. The van der Waals surface area contributed by atoms with Gasteiger partial charge in [-0.2, -0.15) is 0 Å². The first kappa shape index (κ1) is 8.97. The monoisotopic (exact) mass is 206 g/mol. The van der Waals surface area contributed by atoms with Crippen LogP contribution in [0.4, 0.5) is 0 Å². The van der Waals surface area contributed by atoms with Gasteiger partial charge in [0.2, 0.25) is 5.91 Å². The maximum absolute atomic E-state index is 11.8. The quantitative estimate of drug-likeness (QED) is 0.622. The molecule has 1 unspecified atom stereocenters. The van der Waals surface area contributed by atoms with Gasteiger partial charge in [-0.15, -0.1) is 0 Å². The lowest BCUT2D eigenvalue weighted by Gasteiger charge is -2.47. The number of amides is 1. The molecule has 80 valence electrons. The highest BCUT2D eigenvalue weighted by Gasteiger charge is 2.44. The summed E-state index contributed by atoms with van der Waals surface area (Å²) < 4.78 is 7.58. The molecule has 15 heavy (non-hydrogen) atoms. The second-order valence-electron chi connectivity index (χ2n) is 4.40. The van der Waals surface area contributed by atoms with Gasteiger partial charge in [0.25, 0.3) is 0 Å². The van der Waals surface area contributed by atoms with Crippen LogP contribution in [0.5, 0.6) is 0 Å². The molecule has 4 heteroatoms. The van der Waals surface area contributed by atoms with E-state index in [4.69, 9.17) is 4.74 Å². The molecule has 3 rings (SSSR count). The molecule has 0 aromatic carbocycles. The van der Waals surface area contributed by atoms with Gasteiger partial charge in [-0.05, 0) is 19.1 Å². The van der Waals surface area contributed by atoms with Crippen LogP contribution < -0.4 is 0 Å². The second-order valence-corrected chi connectivity index (χ2v) is 4.40. The van der Waals surface area contributed by atoms with E-state index in [1.54, 1.807) is 0 Å². The topological polar surface area (TPSA) is 34.5 Å². The molecule has 0 saturated carbocycles. The van der Waals surface area contributed by atoms with Crippen molar-refractivity contribution in [1.82, 2.24) is 9.47 Å². The van der Waals surface area contributed by atoms with Gasteiger partial charge in [-0.1, -0.05) is 0 Å². The molecule has 2 aliphatic heterocycles. The van der Waals surface area contributed by atoms with Crippen LogP contribution in [0.1, 0.15) is 12.6 Å². The molecule has 0 spiro atoms. The van der Waals surface area contributed by atoms with Crippen LogP contribution in [-0.4, -0.2) is 35.1 Å². The molecule has 0 bridgehead atoms. The predicted octanol–water partition coefficient (Wildman–Crippen LogP) is 0.576. The van der Waals surface area contributed by atoms with Crippen LogP contribution in [0.25, 0.3) is 0 Å². The first-order chi connectivity index (χ1) is 7.22. The lowest BCUT2D eigenvalue weighted by molar-refractivity contribution is -0.160. The number of carbonyl (C=O) groups is 1. The summed E-state index contributed by atoms with van der Waals surface area (Å²) in [6.45, 7) is 4.60. The normalized spacial score (nSPS) is 29.9. The number of hydrogen-bond donors (Lipinski definition) is 0. The van der Waals surface area contributed by atoms with Gasteiger partial charge in [0.15, 0.2) is 0 Å². The van der Waals surface area contributed by atoms with Crippen molar-refractivity contribution in [2.75, 3.05) is 19.8 Å². The number of ether oxygens (including phenoxy) is 1. The average Bonchev–Trinajstić information content (AvgIpc) is 2.66. The van der Waals surface area contributed by atoms with Gasteiger partial charge < -0.3 is 14.2 Å². The zero-order chi connectivity index (χ0) is 10.5. The molecular weight excluding hydrogens is 192 g/mol. The maximum Gasteiger partial charge on any atom is 0.249 e. The highest BCUT2D eigenvalue weighted by atomic mass is 16.5. The molecule has 1 fully saturated rings. The lowest BCUT2D eigenvalue weighted by Crippen LogP contribution is -2.59. The van der Waals surface area contributed by atoms with Crippen LogP contribution in [-0.2, 0) is 21.6 Å². The van der Waals surface area contributed by atoms with Gasteiger partial charge >= 0.3 is 0 Å². The zero-order valence-corrected chi connectivity index (χ0v) is 8.77. The van der Waals surface area contributed by atoms with Crippen LogP contribution in [0.2, 0.25) is 0 Å². The van der Waals surface area contributed by atoms with Crippen molar-refractivity contribution in [3.8, 4) is 0 Å². The summed E-state index contributed by atoms with van der Waals surface area (Å²) in [4.78, 5) is 13.7. The Kier molecular flexibility index (Phi) is 1.71. The Balaban J connectivity index is 2.11. The van der Waals surface area contributed by atoms with Gasteiger partial charge in [-0.3, -0.25) is 4.79 Å². The van der Waals surface area contributed by atoms with E-state index in [0.717, 1.165) is 13.1 Å². The number of nitrogens with zero attached hydrogens (tertiary/aromatic N) is 2. The second kappa shape index (κ2) is 2.85. The minimum atomic E-state index is -0.267. The minimum Gasteiger partial charge on any atom is -0.369 e. The molecule has 2 aliphatic rings. The van der Waals surface area contributed by atoms with Crippen LogP contribution >= 0.6 is 0 Å². The number of hydrogen-bond acceptors (Lipinski definition) is 2. The molecule has 0 radical (unpaired) electrons. The fourth-order valence-corrected chi connectivity index (χ4v) is 2.66. The summed E-state index contributed by atoms with van der Waals surface area (Å²) in [6, 6.07) is 4.11. The van der Waals surface area contributed by atoms with Crippen molar-refractivity contribution < 1.29 is 9.53 Å². The van der Waals surface area contributed by atoms with E-state index in [9.17, 15) is 4.79 Å². The largest absolute Gasteiger partial charge is 0.369 e. The molecule has 1 atom stereocenters. The van der Waals surface area contributed by atoms with Crippen LogP contribution in [0.15, 0.2) is 18.3 Å². The first-order valence-corrected chi connectivity index (χ1v) is 5.26. The standard InChI is InChI=1S/C11H14N2O2/c1-11-8-15-7-10(14)13(11)6-5-12-4-2-3-9(11)12/h2-4H,5-8H2,1H3. The number of fused-ring (bicyclic) bond motifs is 3. The number of carbonyl (C=O) groups excluding carboxylic acids is 1. The van der Waals surface area contributed by atoms with Gasteiger partial charge in [0, 0.05) is 25.0 Å². The Hall–Kier alpha value is -1.29. The van der Waals surface area contributed by atoms with E-state index in [2.05, 4.69) is 23.8 Å². The van der Waals surface area contributed by atoms with E-state index in [1.165, 1.54) is 5.69 Å². The van der Waals surface area contributed by atoms with Crippen molar-refractivity contribution in [3.63, 3.8) is 0 Å². The third kappa shape index (κ3) is 1.08. The fourth-order valence-electron chi connectivity index (χ4n) is 2.66. The highest BCUT2D eigenvalue weighted by molar-refractivity contribution is 5.79. The molecule has 4 nitrogen and oxygen atoms in total. The third-order valence-corrected chi connectivity index (χ3v) is 3.45. The number of aromatic nitrogens is 1. The predicted molar refractivity (Wildman–Crippen MR) is 54.3 cm³/mol. The summed E-state index contributed by atoms with van der Waals surface area (Å²) in [6.07, 6.45) is 2.07. The van der Waals surface area contributed by atoms with E-state index < -0.39 is 0 Å². The number of morpholine rings is 1. The SMILES string of the molecule is CC12COCC(=O)N1CCn1cccc12. The molecule has 1 aromatic heterocycles. The summed E-state index contributed by atoms with van der Waals surface area (Å²) >= 11 is 0. The van der Waals surface area contributed by atoms with Crippen LogP contribution in [0.3, 0.4) is 0 Å². The fraction of sp³-hybridized carbons (Fsp3) is 0.545. The van der Waals surface area contributed by atoms with Crippen molar-refractivity contribution in [2.45, 2.75) is 19.0 Å². The third-order valence-electron chi connectivity index (χ3n) is 3.45. The molecule has 1 aromatic rings. The minimum absolute atomic E-state index is 0.108. The Morgan fingerprint density at radius 3 is 3.20 bits per heavy atom. The Labute approximate surface area is 88.4 Å². The summed E-state index contributed by atoms with van der Waals surface area (Å²) in [5, 5.41) is 0.